The van der Waals surface area contributed by atoms with Crippen LogP contribution in [-0.4, -0.2) is 96.8 Å². The van der Waals surface area contributed by atoms with Crippen molar-refractivity contribution in [3.63, 3.8) is 0 Å². The predicted octanol–water partition coefficient (Wildman–Crippen LogP) is 3.02. The van der Waals surface area contributed by atoms with Gasteiger partial charge in [-0.2, -0.15) is 0 Å². The van der Waals surface area contributed by atoms with Crippen LogP contribution in [0.4, 0.5) is 4.39 Å². The molecule has 0 aliphatic carbocycles. The van der Waals surface area contributed by atoms with Gasteiger partial charge in [-0.1, -0.05) is 58.9 Å². The summed E-state index contributed by atoms with van der Waals surface area (Å²) in [4.78, 5) is 62.9. The summed E-state index contributed by atoms with van der Waals surface area (Å²) >= 11 is 0. The lowest BCUT2D eigenvalue weighted by Gasteiger charge is -2.48. The van der Waals surface area contributed by atoms with Crippen molar-refractivity contribution in [3.05, 3.63) is 60.0 Å². The third kappa shape index (κ3) is 7.90. The number of allylic oxidation sites excluding steroid dienone is 1. The summed E-state index contributed by atoms with van der Waals surface area (Å²) in [5.41, 5.74) is -6.64. The van der Waals surface area contributed by atoms with Crippen molar-refractivity contribution in [1.29, 1.82) is 0 Å². The number of esters is 2. The van der Waals surface area contributed by atoms with Crippen molar-refractivity contribution in [2.45, 2.75) is 108 Å². The molecule has 0 radical (unpaired) electrons. The molecule has 2 saturated heterocycles. The molecule has 0 spiro atoms. The van der Waals surface area contributed by atoms with Crippen molar-refractivity contribution < 1.29 is 72.8 Å². The highest BCUT2D eigenvalue weighted by atomic mass is 19.1. The molecular weight excluding hydrogens is 663 g/mol. The summed E-state index contributed by atoms with van der Waals surface area (Å²) in [5, 5.41) is 53.5. The molecule has 276 valence electrons. The predicted molar refractivity (Wildman–Crippen MR) is 171 cm³/mol. The zero-order chi connectivity index (χ0) is 37.8. The Bertz CT molecular complexity index is 1490. The molecule has 50 heavy (non-hydrogen) atoms. The van der Waals surface area contributed by atoms with E-state index in [1.165, 1.54) is 18.2 Å². The lowest BCUT2D eigenvalue weighted by Crippen LogP contribution is -2.78. The molecule has 1 aromatic rings. The Morgan fingerprint density at radius 2 is 1.68 bits per heavy atom. The van der Waals surface area contributed by atoms with E-state index < -0.39 is 89.4 Å². The molecule has 0 aromatic heterocycles. The van der Waals surface area contributed by atoms with Crippen molar-refractivity contribution in [2.24, 2.45) is 17.8 Å². The third-order valence-electron chi connectivity index (χ3n) is 9.36. The zero-order valence-corrected chi connectivity index (χ0v) is 28.5. The van der Waals surface area contributed by atoms with Gasteiger partial charge in [0, 0.05) is 25.3 Å². The van der Waals surface area contributed by atoms with Gasteiger partial charge < -0.3 is 44.5 Å². The maximum atomic E-state index is 13.5. The molecule has 3 rings (SSSR count). The molecule has 2 fully saturated rings. The van der Waals surface area contributed by atoms with E-state index in [4.69, 9.17) is 18.9 Å². The molecule has 2 bridgehead atoms. The Hall–Kier alpha value is -4.18. The summed E-state index contributed by atoms with van der Waals surface area (Å²) < 4.78 is 35.4. The summed E-state index contributed by atoms with van der Waals surface area (Å²) in [6.45, 7) is 12.7. The third-order valence-corrected chi connectivity index (χ3v) is 9.36. The maximum absolute atomic E-state index is 13.5. The van der Waals surface area contributed by atoms with E-state index in [1.807, 2.05) is 20.8 Å². The number of hydrogen-bond donors (Lipinski definition) is 5. The SMILES string of the molecule is C=C(CC[C@]12O[C@H](C(=O)O)[C@@](O)(C(=O)O)[C@](C(=O)O)(O1)[C@H](OC(=O)/C=C/[C@H](C)C[C@H](C)CC)[C@H]2O)[C@H](OC(C)=O)[C@@H](C)Cc1ccc(F)cc1. The number of aliphatic carboxylic acids is 3. The molecule has 14 nitrogen and oxygen atoms in total. The second-order valence-electron chi connectivity index (χ2n) is 13.2. The van der Waals surface area contributed by atoms with Crippen LogP contribution in [-0.2, 0) is 49.3 Å². The summed E-state index contributed by atoms with van der Waals surface area (Å²) in [6.07, 6.45) is -5.37. The van der Waals surface area contributed by atoms with Gasteiger partial charge >= 0.3 is 29.8 Å². The van der Waals surface area contributed by atoms with E-state index in [0.29, 0.717) is 17.9 Å². The molecule has 0 amide bonds. The van der Waals surface area contributed by atoms with Gasteiger partial charge in [0.2, 0.25) is 23.1 Å². The fourth-order valence-electron chi connectivity index (χ4n) is 6.59. The molecule has 5 N–H and O–H groups in total. The molecule has 15 heteroatoms. The van der Waals surface area contributed by atoms with Gasteiger partial charge in [-0.3, -0.25) is 4.79 Å². The van der Waals surface area contributed by atoms with Crippen LogP contribution in [0.15, 0.2) is 48.6 Å². The number of carbonyl (C=O) groups is 5. The van der Waals surface area contributed by atoms with Crippen LogP contribution in [0.5, 0.6) is 0 Å². The topological polar surface area (TPSA) is 223 Å². The van der Waals surface area contributed by atoms with Crippen LogP contribution in [0.3, 0.4) is 0 Å². The second-order valence-corrected chi connectivity index (χ2v) is 13.2. The van der Waals surface area contributed by atoms with Gasteiger partial charge in [0.05, 0.1) is 0 Å². The Balaban J connectivity index is 2.01. The molecule has 0 unspecified atom stereocenters. The van der Waals surface area contributed by atoms with E-state index >= 15 is 0 Å². The minimum atomic E-state index is -3.93. The Morgan fingerprint density at radius 3 is 2.20 bits per heavy atom. The average Bonchev–Trinajstić information content (AvgIpc) is 3.25. The van der Waals surface area contributed by atoms with Crippen LogP contribution >= 0.6 is 0 Å². The van der Waals surface area contributed by atoms with Crippen LogP contribution in [0.2, 0.25) is 0 Å². The molecule has 10 atom stereocenters. The highest BCUT2D eigenvalue weighted by molar-refractivity contribution is 5.98. The lowest BCUT2D eigenvalue weighted by molar-refractivity contribution is -0.374. The molecule has 2 aliphatic rings. The molecule has 2 aliphatic heterocycles. The Labute approximate surface area is 288 Å². The number of aliphatic hydroxyl groups is 2. The van der Waals surface area contributed by atoms with E-state index in [-0.39, 0.29) is 24.3 Å². The van der Waals surface area contributed by atoms with Crippen molar-refractivity contribution in [3.8, 4) is 0 Å². The van der Waals surface area contributed by atoms with Crippen LogP contribution in [0, 0.1) is 23.6 Å². The average molecular weight is 709 g/mol. The summed E-state index contributed by atoms with van der Waals surface area (Å²) in [5.74, 6) is -12.1. The minimum Gasteiger partial charge on any atom is -0.479 e. The van der Waals surface area contributed by atoms with Crippen molar-refractivity contribution in [1.82, 2.24) is 0 Å². The second kappa shape index (κ2) is 15.8. The lowest BCUT2D eigenvalue weighted by atomic mass is 9.74. The number of carboxylic acid groups (broad SMARTS) is 3. The molecule has 1 aromatic carbocycles. The van der Waals surface area contributed by atoms with Gasteiger partial charge in [0.1, 0.15) is 18.0 Å². The monoisotopic (exact) mass is 708 g/mol. The zero-order valence-electron chi connectivity index (χ0n) is 28.5. The number of ether oxygens (including phenoxy) is 4. The first-order chi connectivity index (χ1) is 23.2. The Kier molecular flexibility index (Phi) is 12.7. The summed E-state index contributed by atoms with van der Waals surface area (Å²) in [6, 6.07) is 5.60. The maximum Gasteiger partial charge on any atom is 0.344 e. The quantitative estimate of drug-likeness (QED) is 0.0892. The van der Waals surface area contributed by atoms with E-state index in [1.54, 1.807) is 19.1 Å². The van der Waals surface area contributed by atoms with Gasteiger partial charge in [0.15, 0.2) is 6.10 Å². The van der Waals surface area contributed by atoms with E-state index in [0.717, 1.165) is 19.4 Å². The number of carboxylic acids is 3. The van der Waals surface area contributed by atoms with Crippen LogP contribution in [0.1, 0.15) is 65.9 Å². The standard InChI is InChI=1S/C35H45FO14/c1-7-18(2)16-19(3)8-13-25(38)48-28-27(39)33(49-29(30(40)41)34(46,31(42)43)35(28,50-33)32(44)45)15-14-20(4)26(47-22(6)37)21(5)17-23-9-11-24(36)12-10-23/h8-13,18-19,21,26-29,39,46H,4,7,14-17H2,1-3,5-6H3,(H,40,41)(H,42,43)(H,44,45)/b13-8+/t18-,19+,21+,26+,27-,28-,29-,33+,34-,35+/m1/s1. The number of carbonyl (C=O) groups excluding carboxylic acids is 2. The highest BCUT2D eigenvalue weighted by Gasteiger charge is 2.85. The number of aliphatic hydroxyl groups excluding tert-OH is 1. The Morgan fingerprint density at radius 1 is 1.06 bits per heavy atom. The normalized spacial score (nSPS) is 29.8. The van der Waals surface area contributed by atoms with E-state index in [9.17, 15) is 53.9 Å². The smallest absolute Gasteiger partial charge is 0.344 e. The molecule has 0 saturated carbocycles. The van der Waals surface area contributed by atoms with Gasteiger partial charge in [0.25, 0.3) is 0 Å². The number of rotatable bonds is 17. The fourth-order valence-corrected chi connectivity index (χ4v) is 6.59. The first-order valence-corrected chi connectivity index (χ1v) is 16.2. The minimum absolute atomic E-state index is 0.140. The van der Waals surface area contributed by atoms with E-state index in [2.05, 4.69) is 6.58 Å². The van der Waals surface area contributed by atoms with Gasteiger partial charge in [-0.05, 0) is 54.4 Å². The fraction of sp³-hybridized carbons (Fsp3) is 0.571. The number of benzene rings is 1. The first kappa shape index (κ1) is 40.3. The molecular formula is C35H45FO14. The van der Waals surface area contributed by atoms with Gasteiger partial charge in [-0.25, -0.2) is 23.6 Å². The first-order valence-electron chi connectivity index (χ1n) is 16.2. The van der Waals surface area contributed by atoms with Gasteiger partial charge in [-0.15, -0.1) is 0 Å². The number of fused-ring (bicyclic) bond motifs is 2. The van der Waals surface area contributed by atoms with Crippen molar-refractivity contribution in [2.75, 3.05) is 0 Å². The largest absolute Gasteiger partial charge is 0.479 e. The number of hydrogen-bond acceptors (Lipinski definition) is 11. The summed E-state index contributed by atoms with van der Waals surface area (Å²) in [7, 11) is 0. The van der Waals surface area contributed by atoms with Crippen LogP contribution in [0.25, 0.3) is 0 Å². The highest BCUT2D eigenvalue weighted by Crippen LogP contribution is 2.56. The van der Waals surface area contributed by atoms with Crippen molar-refractivity contribution >= 4 is 29.8 Å². The van der Waals surface area contributed by atoms with Crippen LogP contribution < -0.4 is 0 Å². The molecule has 2 heterocycles. The number of halogens is 1.